The summed E-state index contributed by atoms with van der Waals surface area (Å²) in [6.07, 6.45) is 0.390. The van der Waals surface area contributed by atoms with Crippen LogP contribution in [0.1, 0.15) is 30.6 Å². The molecule has 0 aliphatic rings. The highest BCUT2D eigenvalue weighted by molar-refractivity contribution is 5.94. The SMILES string of the molecule is CC(C)CC(CNC(=O)c1cccc(F)c1F)C(=O)O. The molecule has 0 fully saturated rings. The lowest BCUT2D eigenvalue weighted by molar-refractivity contribution is -0.142. The summed E-state index contributed by atoms with van der Waals surface area (Å²) >= 11 is 0. The zero-order chi connectivity index (χ0) is 15.3. The van der Waals surface area contributed by atoms with Gasteiger partial charge >= 0.3 is 5.97 Å². The fourth-order valence-corrected chi connectivity index (χ4v) is 1.83. The highest BCUT2D eigenvalue weighted by Crippen LogP contribution is 2.13. The fourth-order valence-electron chi connectivity index (χ4n) is 1.83. The van der Waals surface area contributed by atoms with Crippen LogP contribution in [0.15, 0.2) is 18.2 Å². The van der Waals surface area contributed by atoms with E-state index in [9.17, 15) is 18.4 Å². The number of carboxylic acid groups (broad SMARTS) is 1. The van der Waals surface area contributed by atoms with Gasteiger partial charge in [0.05, 0.1) is 11.5 Å². The third-order valence-corrected chi connectivity index (χ3v) is 2.81. The number of hydrogen-bond donors (Lipinski definition) is 2. The molecule has 0 bridgehead atoms. The zero-order valence-corrected chi connectivity index (χ0v) is 11.3. The molecule has 1 unspecified atom stereocenters. The monoisotopic (exact) mass is 285 g/mol. The molecular weight excluding hydrogens is 268 g/mol. The Kier molecular flexibility index (Phi) is 5.61. The molecule has 6 heteroatoms. The summed E-state index contributed by atoms with van der Waals surface area (Å²) in [6, 6.07) is 3.27. The maximum atomic E-state index is 13.4. The minimum Gasteiger partial charge on any atom is -0.481 e. The van der Waals surface area contributed by atoms with Gasteiger partial charge < -0.3 is 10.4 Å². The van der Waals surface area contributed by atoms with Crippen molar-refractivity contribution in [3.63, 3.8) is 0 Å². The number of halogens is 2. The van der Waals surface area contributed by atoms with Gasteiger partial charge in [0, 0.05) is 6.54 Å². The molecule has 20 heavy (non-hydrogen) atoms. The molecule has 1 rings (SSSR count). The van der Waals surface area contributed by atoms with E-state index in [1.165, 1.54) is 6.07 Å². The number of carboxylic acids is 1. The van der Waals surface area contributed by atoms with Crippen LogP contribution in [0.25, 0.3) is 0 Å². The molecule has 4 nitrogen and oxygen atoms in total. The van der Waals surface area contributed by atoms with Crippen LogP contribution in [-0.4, -0.2) is 23.5 Å². The van der Waals surface area contributed by atoms with Crippen molar-refractivity contribution in [3.8, 4) is 0 Å². The van der Waals surface area contributed by atoms with E-state index < -0.39 is 35.0 Å². The lowest BCUT2D eigenvalue weighted by Crippen LogP contribution is -2.34. The molecule has 0 spiro atoms. The van der Waals surface area contributed by atoms with Crippen molar-refractivity contribution in [3.05, 3.63) is 35.4 Å². The number of nitrogens with one attached hydrogen (secondary N) is 1. The van der Waals surface area contributed by atoms with E-state index in [0.29, 0.717) is 6.42 Å². The van der Waals surface area contributed by atoms with Crippen LogP contribution in [0.3, 0.4) is 0 Å². The van der Waals surface area contributed by atoms with Crippen molar-refractivity contribution >= 4 is 11.9 Å². The van der Waals surface area contributed by atoms with Gasteiger partial charge in [-0.05, 0) is 24.5 Å². The normalized spacial score (nSPS) is 12.2. The van der Waals surface area contributed by atoms with Crippen LogP contribution >= 0.6 is 0 Å². The molecule has 0 aromatic heterocycles. The van der Waals surface area contributed by atoms with Crippen LogP contribution in [0.2, 0.25) is 0 Å². The maximum absolute atomic E-state index is 13.4. The maximum Gasteiger partial charge on any atom is 0.308 e. The summed E-state index contributed by atoms with van der Waals surface area (Å²) in [7, 11) is 0. The predicted octanol–water partition coefficient (Wildman–Crippen LogP) is 2.44. The number of aliphatic carboxylic acids is 1. The van der Waals surface area contributed by atoms with Crippen LogP contribution in [0, 0.1) is 23.5 Å². The predicted molar refractivity (Wildman–Crippen MR) is 69.3 cm³/mol. The number of hydrogen-bond acceptors (Lipinski definition) is 2. The van der Waals surface area contributed by atoms with Crippen molar-refractivity contribution in [1.29, 1.82) is 0 Å². The third kappa shape index (κ3) is 4.29. The van der Waals surface area contributed by atoms with E-state index in [2.05, 4.69) is 5.32 Å². The Morgan fingerprint density at radius 3 is 2.50 bits per heavy atom. The Bertz CT molecular complexity index is 503. The number of amides is 1. The smallest absolute Gasteiger partial charge is 0.308 e. The topological polar surface area (TPSA) is 66.4 Å². The number of carbonyl (C=O) groups excluding carboxylic acids is 1. The molecule has 2 N–H and O–H groups in total. The molecule has 1 atom stereocenters. The Balaban J connectivity index is 2.70. The van der Waals surface area contributed by atoms with Crippen LogP contribution in [-0.2, 0) is 4.79 Å². The van der Waals surface area contributed by atoms with Crippen molar-refractivity contribution in [1.82, 2.24) is 5.32 Å². The van der Waals surface area contributed by atoms with E-state index in [4.69, 9.17) is 5.11 Å². The van der Waals surface area contributed by atoms with Crippen LogP contribution in [0.4, 0.5) is 8.78 Å². The van der Waals surface area contributed by atoms with Crippen molar-refractivity contribution in [2.24, 2.45) is 11.8 Å². The second kappa shape index (κ2) is 6.98. The van der Waals surface area contributed by atoms with Gasteiger partial charge in [0.25, 0.3) is 5.91 Å². The van der Waals surface area contributed by atoms with E-state index in [0.717, 1.165) is 12.1 Å². The Hall–Kier alpha value is -1.98. The first kappa shape index (κ1) is 16.1. The molecule has 110 valence electrons. The molecule has 1 aromatic rings. The Morgan fingerprint density at radius 2 is 1.95 bits per heavy atom. The Morgan fingerprint density at radius 1 is 1.30 bits per heavy atom. The largest absolute Gasteiger partial charge is 0.481 e. The van der Waals surface area contributed by atoms with E-state index in [1.54, 1.807) is 0 Å². The van der Waals surface area contributed by atoms with Gasteiger partial charge in [0.2, 0.25) is 0 Å². The molecule has 0 heterocycles. The van der Waals surface area contributed by atoms with E-state index in [-0.39, 0.29) is 12.5 Å². The molecule has 0 aliphatic carbocycles. The van der Waals surface area contributed by atoms with Gasteiger partial charge in [-0.3, -0.25) is 9.59 Å². The first-order chi connectivity index (χ1) is 9.32. The second-order valence-corrected chi connectivity index (χ2v) is 4.98. The molecule has 0 aliphatic heterocycles. The molecule has 1 amide bonds. The third-order valence-electron chi connectivity index (χ3n) is 2.81. The highest BCUT2D eigenvalue weighted by Gasteiger charge is 2.21. The lowest BCUT2D eigenvalue weighted by Gasteiger charge is -2.15. The Labute approximate surface area is 115 Å². The van der Waals surface area contributed by atoms with Crippen molar-refractivity contribution in [2.45, 2.75) is 20.3 Å². The molecular formula is C14H17F2NO3. The standard InChI is InChI=1S/C14H17F2NO3/c1-8(2)6-9(14(19)20)7-17-13(18)10-4-3-5-11(15)12(10)16/h3-5,8-9H,6-7H2,1-2H3,(H,17,18)(H,19,20). The molecule has 0 radical (unpaired) electrons. The zero-order valence-electron chi connectivity index (χ0n) is 11.3. The summed E-state index contributed by atoms with van der Waals surface area (Å²) < 4.78 is 26.4. The average molecular weight is 285 g/mol. The summed E-state index contributed by atoms with van der Waals surface area (Å²) in [5.74, 6) is -4.81. The van der Waals surface area contributed by atoms with Gasteiger partial charge in [0.1, 0.15) is 0 Å². The number of rotatable bonds is 6. The minimum atomic E-state index is -1.24. The average Bonchev–Trinajstić information content (AvgIpc) is 2.36. The fraction of sp³-hybridized carbons (Fsp3) is 0.429. The van der Waals surface area contributed by atoms with Crippen LogP contribution in [0.5, 0.6) is 0 Å². The lowest BCUT2D eigenvalue weighted by atomic mass is 9.97. The molecule has 1 aromatic carbocycles. The van der Waals surface area contributed by atoms with E-state index in [1.807, 2.05) is 13.8 Å². The highest BCUT2D eigenvalue weighted by atomic mass is 19.2. The van der Waals surface area contributed by atoms with Gasteiger partial charge in [-0.15, -0.1) is 0 Å². The second-order valence-electron chi connectivity index (χ2n) is 4.98. The summed E-state index contributed by atoms with van der Waals surface area (Å²) in [6.45, 7) is 3.61. The van der Waals surface area contributed by atoms with E-state index >= 15 is 0 Å². The summed E-state index contributed by atoms with van der Waals surface area (Å²) in [4.78, 5) is 22.7. The van der Waals surface area contributed by atoms with Gasteiger partial charge in [-0.25, -0.2) is 8.78 Å². The molecule has 0 saturated heterocycles. The number of benzene rings is 1. The minimum absolute atomic E-state index is 0.123. The quantitative estimate of drug-likeness (QED) is 0.843. The van der Waals surface area contributed by atoms with Gasteiger partial charge in [-0.1, -0.05) is 19.9 Å². The number of carbonyl (C=O) groups is 2. The summed E-state index contributed by atoms with van der Waals surface area (Å²) in [5, 5.41) is 11.3. The van der Waals surface area contributed by atoms with Gasteiger partial charge in [-0.2, -0.15) is 0 Å². The van der Waals surface area contributed by atoms with Crippen molar-refractivity contribution < 1.29 is 23.5 Å². The summed E-state index contributed by atoms with van der Waals surface area (Å²) in [5.41, 5.74) is -0.432. The molecule has 0 saturated carbocycles. The van der Waals surface area contributed by atoms with Crippen LogP contribution < -0.4 is 5.32 Å². The first-order valence-electron chi connectivity index (χ1n) is 6.28. The van der Waals surface area contributed by atoms with Crippen molar-refractivity contribution in [2.75, 3.05) is 6.54 Å². The first-order valence-corrected chi connectivity index (χ1v) is 6.28. The van der Waals surface area contributed by atoms with Gasteiger partial charge in [0.15, 0.2) is 11.6 Å².